The van der Waals surface area contributed by atoms with Gasteiger partial charge in [-0.3, -0.25) is 0 Å². The quantitative estimate of drug-likeness (QED) is 0.0606. The van der Waals surface area contributed by atoms with E-state index in [1.807, 2.05) is 109 Å². The Bertz CT molecular complexity index is 3430. The zero-order valence-electron chi connectivity index (χ0n) is 43.5. The van der Waals surface area contributed by atoms with Gasteiger partial charge in [0, 0.05) is 71.4 Å². The first-order valence-corrected chi connectivity index (χ1v) is 25.8. The number of ether oxygens (including phenoxy) is 1. The van der Waals surface area contributed by atoms with Crippen LogP contribution in [0.15, 0.2) is 88.4 Å². The molecule has 9 aromatic rings. The van der Waals surface area contributed by atoms with E-state index in [0.717, 1.165) is 145 Å². The van der Waals surface area contributed by atoms with Crippen molar-refractivity contribution in [2.75, 3.05) is 37.1 Å². The van der Waals surface area contributed by atoms with Gasteiger partial charge in [-0.15, -0.1) is 0 Å². The van der Waals surface area contributed by atoms with E-state index >= 15 is 0 Å². The molecule has 0 spiro atoms. The van der Waals surface area contributed by atoms with Gasteiger partial charge in [0.05, 0.1) is 57.9 Å². The highest BCUT2D eigenvalue weighted by Gasteiger charge is 2.36. The molecule has 0 aliphatic heterocycles. The van der Waals surface area contributed by atoms with E-state index in [1.165, 1.54) is 4.90 Å². The number of benzene rings is 1. The van der Waals surface area contributed by atoms with E-state index in [4.69, 9.17) is 33.7 Å². The molecule has 18 nitrogen and oxygen atoms in total. The molecular weight excluding hydrogens is 971 g/mol. The van der Waals surface area contributed by atoms with Crippen molar-refractivity contribution >= 4 is 40.1 Å². The summed E-state index contributed by atoms with van der Waals surface area (Å²) in [4.78, 5) is 49.6. The summed E-state index contributed by atoms with van der Waals surface area (Å²) >= 11 is 0. The molecular formula is C56H62F2N14O4. The Labute approximate surface area is 438 Å². The third kappa shape index (κ3) is 10.8. The van der Waals surface area contributed by atoms with E-state index < -0.39 is 12.8 Å². The maximum absolute atomic E-state index is 13.6. The molecule has 394 valence electrons. The lowest BCUT2D eigenvalue weighted by Gasteiger charge is -2.32. The Kier molecular flexibility index (Phi) is 15.4. The van der Waals surface area contributed by atoms with E-state index in [1.54, 1.807) is 6.20 Å². The molecule has 4 atom stereocenters. The average molecular weight is 1030 g/mol. The van der Waals surface area contributed by atoms with Gasteiger partial charge in [0.25, 0.3) is 0 Å². The topological polar surface area (TPSA) is 227 Å². The van der Waals surface area contributed by atoms with Crippen molar-refractivity contribution in [2.45, 2.75) is 111 Å². The lowest BCUT2D eigenvalue weighted by Crippen LogP contribution is -2.48. The number of halogens is 2. The number of fused-ring (bicyclic) bond motifs is 2. The van der Waals surface area contributed by atoms with Crippen molar-refractivity contribution in [2.24, 2.45) is 0 Å². The third-order valence-corrected chi connectivity index (χ3v) is 14.4. The van der Waals surface area contributed by atoms with Gasteiger partial charge in [0.2, 0.25) is 11.9 Å². The normalized spacial score (nSPS) is 17.3. The number of aryl methyl sites for hydroxylation is 6. The molecule has 1 aromatic carbocycles. The van der Waals surface area contributed by atoms with Crippen molar-refractivity contribution in [3.63, 3.8) is 0 Å². The number of carbonyl (C=O) groups is 1. The maximum Gasteiger partial charge on any atom is 0.410 e. The summed E-state index contributed by atoms with van der Waals surface area (Å²) < 4.78 is 42.4. The van der Waals surface area contributed by atoms with Crippen LogP contribution in [-0.2, 0) is 11.3 Å². The van der Waals surface area contributed by atoms with Crippen molar-refractivity contribution in [1.29, 1.82) is 0 Å². The fraction of sp³-hybridized carbons (Fsp3) is 0.375. The third-order valence-electron chi connectivity index (χ3n) is 14.4. The van der Waals surface area contributed by atoms with Gasteiger partial charge in [-0.05, 0) is 121 Å². The van der Waals surface area contributed by atoms with Crippen LogP contribution in [0.4, 0.5) is 25.5 Å². The predicted octanol–water partition coefficient (Wildman–Crippen LogP) is 11.0. The number of H-pyrrole nitrogens is 2. The molecule has 76 heavy (non-hydrogen) atoms. The molecule has 0 radical (unpaired) electrons. The standard InChI is InChI=1S/C32H34FN7O3.C24H28FN7O/c1-19-16-35-31(37-25-10-7-11-27(25)40(15-14-33)32(41)42-18-22-8-5-4-6-9-22)38-29(19)24-17-34-30-23(24)12-13-26(36-30)28-20(2)39-43-21(28)3;1-13-11-28-24(30-19-6-4-5-18(19)26-10-9-25)31-22(13)17-12-27-23-16(17)7-8-20(29-23)21-14(2)32-33-15(21)3/h4-6,8-9,12-13,16-17,25,27H,7,10-11,14-15,18H2,1-3H3,(H,34,36)(H,35,37,38);7-8,11-12,18-19,26H,4-6,9-10H2,1-3H3,(H,27,29)(H,28,30,31)/t25-,27-;18-,19-/m00/s1. The maximum atomic E-state index is 13.6. The van der Waals surface area contributed by atoms with Crippen LogP contribution in [0.5, 0.6) is 0 Å². The highest BCUT2D eigenvalue weighted by Crippen LogP contribution is 2.36. The Morgan fingerprint density at radius 3 is 1.75 bits per heavy atom. The van der Waals surface area contributed by atoms with Gasteiger partial charge >= 0.3 is 6.09 Å². The van der Waals surface area contributed by atoms with Crippen LogP contribution in [0.1, 0.15) is 78.1 Å². The van der Waals surface area contributed by atoms with Crippen molar-refractivity contribution in [3.8, 4) is 45.0 Å². The minimum atomic E-state index is -0.651. The van der Waals surface area contributed by atoms with Crippen molar-refractivity contribution in [3.05, 3.63) is 119 Å². The number of nitrogens with zero attached hydrogens (tertiary/aromatic N) is 9. The number of pyridine rings is 2. The van der Waals surface area contributed by atoms with Crippen LogP contribution in [0.25, 0.3) is 67.1 Å². The second kappa shape index (κ2) is 22.8. The summed E-state index contributed by atoms with van der Waals surface area (Å²) in [7, 11) is 0. The number of nitrogens with one attached hydrogen (secondary N) is 5. The van der Waals surface area contributed by atoms with E-state index in [0.29, 0.717) is 18.4 Å². The molecule has 2 aliphatic carbocycles. The van der Waals surface area contributed by atoms with Crippen LogP contribution in [0.2, 0.25) is 0 Å². The van der Waals surface area contributed by atoms with Gasteiger partial charge in [0.15, 0.2) is 0 Å². The molecule has 5 N–H and O–H groups in total. The first-order chi connectivity index (χ1) is 37.0. The van der Waals surface area contributed by atoms with Crippen LogP contribution < -0.4 is 16.0 Å². The summed E-state index contributed by atoms with van der Waals surface area (Å²) in [6.45, 7) is 11.0. The molecule has 1 amide bonds. The van der Waals surface area contributed by atoms with Gasteiger partial charge < -0.3 is 44.6 Å². The molecule has 2 saturated carbocycles. The minimum Gasteiger partial charge on any atom is -0.445 e. The molecule has 20 heteroatoms. The molecule has 8 heterocycles. The Morgan fingerprint density at radius 2 is 1.21 bits per heavy atom. The second-order valence-electron chi connectivity index (χ2n) is 19.5. The Balaban J connectivity index is 0.000000179. The first kappa shape index (κ1) is 51.4. The summed E-state index contributed by atoms with van der Waals surface area (Å²) in [6.07, 6.45) is 12.5. The minimum absolute atomic E-state index is 0.0330. The van der Waals surface area contributed by atoms with Gasteiger partial charge in [-0.2, -0.15) is 0 Å². The van der Waals surface area contributed by atoms with Crippen molar-refractivity contribution in [1.82, 2.24) is 60.4 Å². The zero-order chi connectivity index (χ0) is 52.9. The van der Waals surface area contributed by atoms with E-state index in [2.05, 4.69) is 52.3 Å². The highest BCUT2D eigenvalue weighted by atomic mass is 19.1. The Hall–Kier alpha value is -8.13. The van der Waals surface area contributed by atoms with Crippen LogP contribution in [-0.4, -0.2) is 112 Å². The molecule has 2 aliphatic rings. The molecule has 11 rings (SSSR count). The first-order valence-electron chi connectivity index (χ1n) is 25.8. The molecule has 8 aromatic heterocycles. The van der Waals surface area contributed by atoms with E-state index in [-0.39, 0.29) is 44.0 Å². The second-order valence-corrected chi connectivity index (χ2v) is 19.5. The van der Waals surface area contributed by atoms with Crippen LogP contribution >= 0.6 is 0 Å². The molecule has 2 fully saturated rings. The van der Waals surface area contributed by atoms with Gasteiger partial charge in [-0.25, -0.2) is 43.5 Å². The predicted molar refractivity (Wildman–Crippen MR) is 287 cm³/mol. The van der Waals surface area contributed by atoms with Crippen LogP contribution in [0.3, 0.4) is 0 Å². The lowest BCUT2D eigenvalue weighted by molar-refractivity contribution is 0.0764. The smallest absolute Gasteiger partial charge is 0.410 e. The lowest BCUT2D eigenvalue weighted by atomic mass is 10.1. The molecule has 0 saturated heterocycles. The monoisotopic (exact) mass is 1030 g/mol. The summed E-state index contributed by atoms with van der Waals surface area (Å²) in [6, 6.07) is 17.5. The number of rotatable bonds is 16. The largest absolute Gasteiger partial charge is 0.445 e. The number of aromatic amines is 2. The number of amides is 1. The van der Waals surface area contributed by atoms with Gasteiger partial charge in [0.1, 0.15) is 42.8 Å². The van der Waals surface area contributed by atoms with Crippen molar-refractivity contribution < 1.29 is 27.4 Å². The number of alkyl halides is 2. The summed E-state index contributed by atoms with van der Waals surface area (Å²) in [5, 5.41) is 20.2. The summed E-state index contributed by atoms with van der Waals surface area (Å²) in [5.41, 5.74) is 12.8. The number of carbonyl (C=O) groups excluding carboxylic acids is 1. The SMILES string of the molecule is Cc1cnc(N[C@H]2CCC[C@@H]2N(CCF)C(=O)OCc2ccccc2)nc1-c1c[nH]c2nc(-c3c(C)noc3C)ccc12.Cc1cnc(N[C@H]2CCC[C@@H]2NCCF)nc1-c1c[nH]c2nc(-c3c(C)noc3C)ccc12. The Morgan fingerprint density at radius 1 is 0.671 bits per heavy atom. The highest BCUT2D eigenvalue weighted by molar-refractivity contribution is 5.95. The van der Waals surface area contributed by atoms with E-state index in [9.17, 15) is 13.6 Å². The van der Waals surface area contributed by atoms with Gasteiger partial charge in [-0.1, -0.05) is 40.6 Å². The van der Waals surface area contributed by atoms with Crippen LogP contribution in [0, 0.1) is 41.5 Å². The molecule has 0 unspecified atom stereocenters. The fourth-order valence-electron chi connectivity index (χ4n) is 10.7. The molecule has 0 bridgehead atoms. The average Bonchev–Trinajstić information content (AvgIpc) is 4.32. The number of hydrogen-bond donors (Lipinski definition) is 5. The summed E-state index contributed by atoms with van der Waals surface area (Å²) in [5.74, 6) is 2.51. The number of hydrogen-bond acceptors (Lipinski definition) is 15. The zero-order valence-corrected chi connectivity index (χ0v) is 43.5. The number of aromatic nitrogens is 10. The number of anilines is 2. The fourth-order valence-corrected chi connectivity index (χ4v) is 10.7.